The predicted octanol–water partition coefficient (Wildman–Crippen LogP) is 4.40. The quantitative estimate of drug-likeness (QED) is 0.827. The first kappa shape index (κ1) is 15.4. The van der Waals surface area contributed by atoms with Crippen LogP contribution in [-0.2, 0) is 9.94 Å². The van der Waals surface area contributed by atoms with Gasteiger partial charge in [0.05, 0.1) is 5.60 Å². The first-order chi connectivity index (χ1) is 8.09. The van der Waals surface area contributed by atoms with Crippen LogP contribution in [0, 0.1) is 0 Å². The molecule has 0 aromatic heterocycles. The maximum absolute atomic E-state index is 9.85. The van der Waals surface area contributed by atoms with Crippen molar-refractivity contribution in [3.05, 3.63) is 29.8 Å². The molecule has 1 N–H and O–H groups in total. The van der Waals surface area contributed by atoms with Crippen LogP contribution in [0.5, 0.6) is 5.75 Å². The Kier molecular flexibility index (Phi) is 4.77. The summed E-state index contributed by atoms with van der Waals surface area (Å²) in [5.74, 6) is 0.683. The molecule has 0 aliphatic heterocycles. The molecule has 102 valence electrons. The average molecular weight is 270 g/mol. The lowest BCUT2D eigenvalue weighted by Gasteiger charge is -2.26. The maximum atomic E-state index is 9.85. The highest BCUT2D eigenvalue weighted by Crippen LogP contribution is 2.42. The number of benzene rings is 1. The van der Waals surface area contributed by atoms with Crippen LogP contribution in [0.1, 0.15) is 47.1 Å². The zero-order chi connectivity index (χ0) is 14.0. The van der Waals surface area contributed by atoms with Crippen LogP contribution in [0.2, 0.25) is 0 Å². The van der Waals surface area contributed by atoms with Crippen LogP contribution < -0.4 is 4.52 Å². The van der Waals surface area contributed by atoms with Gasteiger partial charge in [-0.15, -0.1) is 0 Å². The highest BCUT2D eigenvalue weighted by Gasteiger charge is 2.24. The van der Waals surface area contributed by atoms with E-state index in [9.17, 15) is 4.89 Å². The first-order valence-corrected chi connectivity index (χ1v) is 7.18. The van der Waals surface area contributed by atoms with Gasteiger partial charge in [-0.25, -0.2) is 0 Å². The maximum Gasteiger partial charge on any atom is 0.394 e. The van der Waals surface area contributed by atoms with Crippen LogP contribution in [-0.4, -0.2) is 10.5 Å². The molecule has 0 fully saturated rings. The molecule has 3 nitrogen and oxygen atoms in total. The molecule has 0 aliphatic carbocycles. The van der Waals surface area contributed by atoms with Crippen molar-refractivity contribution < 1.29 is 13.9 Å². The summed E-state index contributed by atoms with van der Waals surface area (Å²) in [5, 5.41) is 0. The third-order valence-electron chi connectivity index (χ3n) is 2.22. The molecule has 0 bridgehead atoms. The van der Waals surface area contributed by atoms with Crippen molar-refractivity contribution in [3.8, 4) is 5.75 Å². The molecule has 1 aromatic rings. The summed E-state index contributed by atoms with van der Waals surface area (Å²) < 4.78 is 11.0. The van der Waals surface area contributed by atoms with E-state index in [-0.39, 0.29) is 5.41 Å². The summed E-state index contributed by atoms with van der Waals surface area (Å²) in [6.07, 6.45) is 0. The van der Waals surface area contributed by atoms with Gasteiger partial charge < -0.3 is 9.42 Å². The van der Waals surface area contributed by atoms with Gasteiger partial charge in [0.15, 0.2) is 0 Å². The van der Waals surface area contributed by atoms with Crippen molar-refractivity contribution in [3.63, 3.8) is 0 Å². The van der Waals surface area contributed by atoms with Crippen molar-refractivity contribution in [2.75, 3.05) is 0 Å². The third kappa shape index (κ3) is 4.93. The summed E-state index contributed by atoms with van der Waals surface area (Å²) in [6.45, 7) is 12.0. The molecular formula is C14H23O3P. The standard InChI is InChI=1S/C14H23O3P/c1-13(2,3)11-9-7-8-10-12(11)16-18(15)17-14(4,5)6/h7-10,15H,1-6H3. The molecule has 0 aliphatic rings. The summed E-state index contributed by atoms with van der Waals surface area (Å²) in [7, 11) is -1.91. The second kappa shape index (κ2) is 5.56. The smallest absolute Gasteiger partial charge is 0.394 e. The van der Waals surface area contributed by atoms with E-state index in [1.807, 2.05) is 45.0 Å². The van der Waals surface area contributed by atoms with Crippen LogP contribution >= 0.6 is 8.60 Å². The van der Waals surface area contributed by atoms with Crippen molar-refractivity contribution in [1.29, 1.82) is 0 Å². The Balaban J connectivity index is 2.85. The molecule has 1 aromatic carbocycles. The lowest BCUT2D eigenvalue weighted by molar-refractivity contribution is 0.112. The van der Waals surface area contributed by atoms with Gasteiger partial charge in [-0.3, -0.25) is 4.52 Å². The molecule has 0 amide bonds. The number of rotatable bonds is 3. The Labute approximate surface area is 111 Å². The fourth-order valence-electron chi connectivity index (χ4n) is 1.50. The minimum atomic E-state index is -1.91. The van der Waals surface area contributed by atoms with E-state index in [4.69, 9.17) is 9.05 Å². The fourth-order valence-corrected chi connectivity index (χ4v) is 2.34. The Hall–Kier alpha value is -0.630. The molecule has 1 unspecified atom stereocenters. The molecule has 0 heterocycles. The van der Waals surface area contributed by atoms with Gasteiger partial charge in [-0.2, -0.15) is 0 Å². The Morgan fingerprint density at radius 1 is 1.00 bits per heavy atom. The normalized spacial score (nSPS) is 14.4. The summed E-state index contributed by atoms with van der Waals surface area (Å²) in [6, 6.07) is 7.73. The molecule has 18 heavy (non-hydrogen) atoms. The predicted molar refractivity (Wildman–Crippen MR) is 75.7 cm³/mol. The summed E-state index contributed by atoms with van der Waals surface area (Å²) in [5.41, 5.74) is 0.607. The summed E-state index contributed by atoms with van der Waals surface area (Å²) in [4.78, 5) is 9.85. The molecule has 0 saturated heterocycles. The monoisotopic (exact) mass is 270 g/mol. The molecule has 0 spiro atoms. The minimum Gasteiger partial charge on any atom is -0.427 e. The average Bonchev–Trinajstić information content (AvgIpc) is 2.13. The zero-order valence-electron chi connectivity index (χ0n) is 12.0. The van der Waals surface area contributed by atoms with Crippen LogP contribution in [0.3, 0.4) is 0 Å². The van der Waals surface area contributed by atoms with Gasteiger partial charge in [0.25, 0.3) is 0 Å². The molecule has 1 atom stereocenters. The van der Waals surface area contributed by atoms with Gasteiger partial charge in [-0.1, -0.05) is 39.0 Å². The van der Waals surface area contributed by atoms with Gasteiger partial charge in [-0.05, 0) is 37.8 Å². The highest BCUT2D eigenvalue weighted by atomic mass is 31.2. The molecule has 1 rings (SSSR count). The largest absolute Gasteiger partial charge is 0.427 e. The number of hydrogen-bond donors (Lipinski definition) is 1. The van der Waals surface area contributed by atoms with E-state index in [0.717, 1.165) is 5.56 Å². The Bertz CT molecular complexity index is 391. The minimum absolute atomic E-state index is 0.0332. The van der Waals surface area contributed by atoms with Gasteiger partial charge >= 0.3 is 8.60 Å². The molecule has 4 heteroatoms. The third-order valence-corrected chi connectivity index (χ3v) is 3.28. The van der Waals surface area contributed by atoms with E-state index in [1.54, 1.807) is 0 Å². The van der Waals surface area contributed by atoms with Crippen LogP contribution in [0.4, 0.5) is 0 Å². The first-order valence-electron chi connectivity index (χ1n) is 6.05. The SMILES string of the molecule is CC(C)(C)OP(O)Oc1ccccc1C(C)(C)C. The van der Waals surface area contributed by atoms with E-state index < -0.39 is 14.2 Å². The second-order valence-corrected chi connectivity index (χ2v) is 7.12. The van der Waals surface area contributed by atoms with Crippen molar-refractivity contribution in [2.45, 2.75) is 52.6 Å². The van der Waals surface area contributed by atoms with Crippen molar-refractivity contribution in [2.24, 2.45) is 0 Å². The molecular weight excluding hydrogens is 247 g/mol. The van der Waals surface area contributed by atoms with E-state index in [0.29, 0.717) is 5.75 Å². The second-order valence-electron chi connectivity index (χ2n) is 6.28. The van der Waals surface area contributed by atoms with Gasteiger partial charge in [0.1, 0.15) is 5.75 Å². The number of hydrogen-bond acceptors (Lipinski definition) is 3. The zero-order valence-corrected chi connectivity index (χ0v) is 12.9. The Morgan fingerprint density at radius 2 is 1.56 bits per heavy atom. The summed E-state index contributed by atoms with van der Waals surface area (Å²) >= 11 is 0. The van der Waals surface area contributed by atoms with Crippen molar-refractivity contribution in [1.82, 2.24) is 0 Å². The fraction of sp³-hybridized carbons (Fsp3) is 0.571. The van der Waals surface area contributed by atoms with E-state index in [2.05, 4.69) is 20.8 Å². The lowest BCUT2D eigenvalue weighted by Crippen LogP contribution is -2.18. The topological polar surface area (TPSA) is 38.7 Å². The van der Waals surface area contributed by atoms with Crippen molar-refractivity contribution >= 4 is 8.60 Å². The molecule has 0 saturated carbocycles. The van der Waals surface area contributed by atoms with Gasteiger partial charge in [0.2, 0.25) is 0 Å². The van der Waals surface area contributed by atoms with Crippen LogP contribution in [0.25, 0.3) is 0 Å². The highest BCUT2D eigenvalue weighted by molar-refractivity contribution is 7.41. The Morgan fingerprint density at radius 3 is 2.06 bits per heavy atom. The number of para-hydroxylation sites is 1. The van der Waals surface area contributed by atoms with E-state index in [1.165, 1.54) is 0 Å². The van der Waals surface area contributed by atoms with E-state index >= 15 is 0 Å². The van der Waals surface area contributed by atoms with Crippen LogP contribution in [0.15, 0.2) is 24.3 Å². The lowest BCUT2D eigenvalue weighted by atomic mass is 9.86. The molecule has 0 radical (unpaired) electrons. The van der Waals surface area contributed by atoms with Gasteiger partial charge in [0, 0.05) is 0 Å².